The van der Waals surface area contributed by atoms with Crippen LogP contribution in [-0.4, -0.2) is 49.1 Å². The Balaban J connectivity index is 1.88. The minimum absolute atomic E-state index is 0.0226. The Hall–Kier alpha value is -1.92. The number of anilines is 1. The summed E-state index contributed by atoms with van der Waals surface area (Å²) in [6.45, 7) is 1.88. The van der Waals surface area contributed by atoms with Crippen molar-refractivity contribution in [2.24, 2.45) is 5.73 Å². The summed E-state index contributed by atoms with van der Waals surface area (Å²) in [6.07, 6.45) is -0.687. The fourth-order valence-corrected chi connectivity index (χ4v) is 2.12. The molecule has 2 rings (SSSR count). The lowest BCUT2D eigenvalue weighted by Crippen LogP contribution is -2.50. The lowest BCUT2D eigenvalue weighted by molar-refractivity contribution is -0.154. The second-order valence-electron chi connectivity index (χ2n) is 4.59. The van der Waals surface area contributed by atoms with Crippen molar-refractivity contribution >= 4 is 17.5 Å². The van der Waals surface area contributed by atoms with Gasteiger partial charge in [-0.3, -0.25) is 9.59 Å². The zero-order valence-corrected chi connectivity index (χ0v) is 11.2. The number of nitrogens with zero attached hydrogens (tertiary/aromatic N) is 1. The van der Waals surface area contributed by atoms with Gasteiger partial charge in [-0.1, -0.05) is 18.2 Å². The zero-order chi connectivity index (χ0) is 14.4. The standard InChI is InChI=1S/C14H19N3O3/c15-6-7-17-8-9-20-12(14(17)19)10-13(18)16-11-4-2-1-3-5-11/h1-5,12H,6-10,15H2,(H,16,18)/t12-/m1/s1. The summed E-state index contributed by atoms with van der Waals surface area (Å²) in [7, 11) is 0. The van der Waals surface area contributed by atoms with E-state index in [-0.39, 0.29) is 18.2 Å². The van der Waals surface area contributed by atoms with E-state index >= 15 is 0 Å². The highest BCUT2D eigenvalue weighted by molar-refractivity contribution is 5.95. The molecule has 1 fully saturated rings. The number of hydrogen-bond acceptors (Lipinski definition) is 4. The van der Waals surface area contributed by atoms with Crippen LogP contribution < -0.4 is 11.1 Å². The number of benzene rings is 1. The molecule has 0 saturated carbocycles. The van der Waals surface area contributed by atoms with Gasteiger partial charge in [0.15, 0.2) is 0 Å². The first-order valence-electron chi connectivity index (χ1n) is 6.66. The topological polar surface area (TPSA) is 84.7 Å². The first kappa shape index (κ1) is 14.5. The van der Waals surface area contributed by atoms with Crippen LogP contribution in [0.25, 0.3) is 0 Å². The van der Waals surface area contributed by atoms with E-state index in [1.165, 1.54) is 0 Å². The van der Waals surface area contributed by atoms with Gasteiger partial charge in [-0.2, -0.15) is 0 Å². The molecule has 3 N–H and O–H groups in total. The van der Waals surface area contributed by atoms with Gasteiger partial charge in [0, 0.05) is 25.3 Å². The van der Waals surface area contributed by atoms with Crippen molar-refractivity contribution in [3.05, 3.63) is 30.3 Å². The Morgan fingerprint density at radius 1 is 1.40 bits per heavy atom. The lowest BCUT2D eigenvalue weighted by Gasteiger charge is -2.31. The number of rotatable bonds is 5. The van der Waals surface area contributed by atoms with Crippen molar-refractivity contribution < 1.29 is 14.3 Å². The summed E-state index contributed by atoms with van der Waals surface area (Å²) in [5.41, 5.74) is 6.16. The number of nitrogens with one attached hydrogen (secondary N) is 1. The van der Waals surface area contributed by atoms with E-state index in [9.17, 15) is 9.59 Å². The number of ether oxygens (including phenoxy) is 1. The molecule has 1 atom stereocenters. The van der Waals surface area contributed by atoms with E-state index in [4.69, 9.17) is 10.5 Å². The molecule has 0 aromatic heterocycles. The summed E-state index contributed by atoms with van der Waals surface area (Å²) in [4.78, 5) is 25.6. The lowest BCUT2D eigenvalue weighted by atomic mass is 10.1. The van der Waals surface area contributed by atoms with E-state index in [0.717, 1.165) is 0 Å². The highest BCUT2D eigenvalue weighted by Gasteiger charge is 2.30. The Morgan fingerprint density at radius 2 is 2.15 bits per heavy atom. The summed E-state index contributed by atoms with van der Waals surface area (Å²) in [5, 5.41) is 2.74. The SMILES string of the molecule is NCCN1CCO[C@H](CC(=O)Nc2ccccc2)C1=O. The van der Waals surface area contributed by atoms with Gasteiger partial charge in [0.25, 0.3) is 5.91 Å². The quantitative estimate of drug-likeness (QED) is 0.805. The number of amides is 2. The predicted octanol–water partition coefficient (Wildman–Crippen LogP) is 0.201. The van der Waals surface area contributed by atoms with Crippen molar-refractivity contribution in [2.75, 3.05) is 31.6 Å². The molecule has 6 nitrogen and oxygen atoms in total. The van der Waals surface area contributed by atoms with E-state index in [0.29, 0.717) is 31.9 Å². The maximum absolute atomic E-state index is 12.1. The zero-order valence-electron chi connectivity index (χ0n) is 11.2. The molecule has 1 saturated heterocycles. The van der Waals surface area contributed by atoms with Crippen LogP contribution in [0.4, 0.5) is 5.69 Å². The molecule has 6 heteroatoms. The van der Waals surface area contributed by atoms with E-state index in [1.54, 1.807) is 17.0 Å². The van der Waals surface area contributed by atoms with Gasteiger partial charge >= 0.3 is 0 Å². The molecule has 1 aliphatic rings. The fraction of sp³-hybridized carbons (Fsp3) is 0.429. The van der Waals surface area contributed by atoms with Crippen LogP contribution in [0.2, 0.25) is 0 Å². The fourth-order valence-electron chi connectivity index (χ4n) is 2.12. The Kier molecular flexibility index (Phi) is 5.09. The predicted molar refractivity (Wildman–Crippen MR) is 75.1 cm³/mol. The van der Waals surface area contributed by atoms with E-state index < -0.39 is 6.10 Å². The first-order chi connectivity index (χ1) is 9.70. The number of morpholine rings is 1. The molecular formula is C14H19N3O3. The molecule has 0 spiro atoms. The smallest absolute Gasteiger partial charge is 0.252 e. The normalized spacial score (nSPS) is 18.9. The number of para-hydroxylation sites is 1. The second kappa shape index (κ2) is 7.02. The Labute approximate surface area is 117 Å². The number of nitrogens with two attached hydrogens (primary N) is 1. The van der Waals surface area contributed by atoms with Crippen molar-refractivity contribution in [3.8, 4) is 0 Å². The average Bonchev–Trinajstić information content (AvgIpc) is 2.44. The maximum Gasteiger partial charge on any atom is 0.252 e. The largest absolute Gasteiger partial charge is 0.366 e. The van der Waals surface area contributed by atoms with Crippen LogP contribution in [0.5, 0.6) is 0 Å². The summed E-state index contributed by atoms with van der Waals surface area (Å²) < 4.78 is 5.38. The molecule has 1 heterocycles. The third-order valence-electron chi connectivity index (χ3n) is 3.09. The second-order valence-corrected chi connectivity index (χ2v) is 4.59. The molecule has 20 heavy (non-hydrogen) atoms. The van der Waals surface area contributed by atoms with Crippen LogP contribution in [0.3, 0.4) is 0 Å². The van der Waals surface area contributed by atoms with Crippen molar-refractivity contribution in [2.45, 2.75) is 12.5 Å². The molecule has 1 aromatic carbocycles. The highest BCUT2D eigenvalue weighted by atomic mass is 16.5. The van der Waals surface area contributed by atoms with Crippen LogP contribution in [0, 0.1) is 0 Å². The molecule has 0 bridgehead atoms. The molecule has 0 unspecified atom stereocenters. The van der Waals surface area contributed by atoms with Crippen LogP contribution in [0.15, 0.2) is 30.3 Å². The Morgan fingerprint density at radius 3 is 2.85 bits per heavy atom. The van der Waals surface area contributed by atoms with Crippen molar-refractivity contribution in [1.82, 2.24) is 4.90 Å². The van der Waals surface area contributed by atoms with E-state index in [2.05, 4.69) is 5.32 Å². The van der Waals surface area contributed by atoms with Crippen molar-refractivity contribution in [3.63, 3.8) is 0 Å². The van der Waals surface area contributed by atoms with Gasteiger partial charge in [-0.05, 0) is 12.1 Å². The monoisotopic (exact) mass is 277 g/mol. The number of carbonyl (C=O) groups is 2. The minimum Gasteiger partial charge on any atom is -0.366 e. The third-order valence-corrected chi connectivity index (χ3v) is 3.09. The average molecular weight is 277 g/mol. The number of carbonyl (C=O) groups excluding carboxylic acids is 2. The summed E-state index contributed by atoms with van der Waals surface area (Å²) in [5.74, 6) is -0.394. The summed E-state index contributed by atoms with van der Waals surface area (Å²) >= 11 is 0. The van der Waals surface area contributed by atoms with Crippen molar-refractivity contribution in [1.29, 1.82) is 0 Å². The summed E-state index contributed by atoms with van der Waals surface area (Å²) in [6, 6.07) is 9.13. The molecule has 1 aromatic rings. The minimum atomic E-state index is -0.709. The Bertz CT molecular complexity index is 462. The number of hydrogen-bond donors (Lipinski definition) is 2. The van der Waals surface area contributed by atoms with Crippen LogP contribution in [0.1, 0.15) is 6.42 Å². The molecule has 0 radical (unpaired) electrons. The maximum atomic E-state index is 12.1. The molecule has 2 amide bonds. The van der Waals surface area contributed by atoms with Gasteiger partial charge < -0.3 is 20.7 Å². The van der Waals surface area contributed by atoms with Gasteiger partial charge in [-0.15, -0.1) is 0 Å². The molecule has 108 valence electrons. The molecule has 1 aliphatic heterocycles. The first-order valence-corrected chi connectivity index (χ1v) is 6.66. The van der Waals surface area contributed by atoms with Gasteiger partial charge in [0.2, 0.25) is 5.91 Å². The van der Waals surface area contributed by atoms with Crippen LogP contribution >= 0.6 is 0 Å². The highest BCUT2D eigenvalue weighted by Crippen LogP contribution is 2.12. The molecule has 0 aliphatic carbocycles. The molecular weight excluding hydrogens is 258 g/mol. The van der Waals surface area contributed by atoms with E-state index in [1.807, 2.05) is 18.2 Å². The van der Waals surface area contributed by atoms with Crippen LogP contribution in [-0.2, 0) is 14.3 Å². The van der Waals surface area contributed by atoms with Gasteiger partial charge in [0.1, 0.15) is 6.10 Å². The third kappa shape index (κ3) is 3.79. The van der Waals surface area contributed by atoms with Gasteiger partial charge in [-0.25, -0.2) is 0 Å². The van der Waals surface area contributed by atoms with Gasteiger partial charge in [0.05, 0.1) is 13.0 Å².